The number of hydrogen-bond donors (Lipinski definition) is 2. The molecule has 2 N–H and O–H groups in total. The monoisotopic (exact) mass is 159 g/mol. The lowest BCUT2D eigenvalue weighted by molar-refractivity contribution is -0.140. The summed E-state index contributed by atoms with van der Waals surface area (Å²) in [6.45, 7) is 5.78. The highest BCUT2D eigenvalue weighted by Crippen LogP contribution is 1.90. The molecule has 0 aromatic heterocycles. The summed E-state index contributed by atoms with van der Waals surface area (Å²) >= 11 is 0. The second-order valence-corrected chi connectivity index (χ2v) is 2.95. The molecule has 1 aliphatic rings. The summed E-state index contributed by atoms with van der Waals surface area (Å²) < 4.78 is 0. The van der Waals surface area contributed by atoms with E-state index in [1.165, 1.54) is 25.9 Å². The van der Waals surface area contributed by atoms with Gasteiger partial charge in [0.15, 0.2) is 0 Å². The largest absolute Gasteiger partial charge is 0.481 e. The van der Waals surface area contributed by atoms with E-state index in [-0.39, 0.29) is 5.92 Å². The van der Waals surface area contributed by atoms with E-state index in [2.05, 4.69) is 5.32 Å². The Balaban J connectivity index is 0.000000183. The minimum absolute atomic E-state index is 0.231. The smallest absolute Gasteiger partial charge is 0.305 e. The molecule has 1 heterocycles. The van der Waals surface area contributed by atoms with E-state index >= 15 is 0 Å². The maximum Gasteiger partial charge on any atom is 0.305 e. The molecule has 3 heteroatoms. The highest BCUT2D eigenvalue weighted by molar-refractivity contribution is 5.68. The maximum atomic E-state index is 9.70. The predicted molar refractivity (Wildman–Crippen MR) is 44.6 cm³/mol. The fourth-order valence-electron chi connectivity index (χ4n) is 0.625. The van der Waals surface area contributed by atoms with Crippen LogP contribution in [0.2, 0.25) is 0 Å². The van der Waals surface area contributed by atoms with Gasteiger partial charge in [-0.25, -0.2) is 0 Å². The van der Waals surface area contributed by atoms with E-state index in [1.807, 2.05) is 0 Å². The summed E-state index contributed by atoms with van der Waals surface area (Å²) in [6.07, 6.45) is 2.78. The van der Waals surface area contributed by atoms with Gasteiger partial charge in [0.1, 0.15) is 0 Å². The second-order valence-electron chi connectivity index (χ2n) is 2.95. The minimum atomic E-state index is -0.741. The Labute approximate surface area is 67.8 Å². The van der Waals surface area contributed by atoms with Gasteiger partial charge < -0.3 is 10.4 Å². The highest BCUT2D eigenvalue weighted by atomic mass is 16.4. The lowest BCUT2D eigenvalue weighted by Crippen LogP contribution is -2.03. The molecule has 66 valence electrons. The molecular formula is C8H17NO2. The van der Waals surface area contributed by atoms with Gasteiger partial charge in [-0.2, -0.15) is 0 Å². The molecule has 1 fully saturated rings. The van der Waals surface area contributed by atoms with Crippen LogP contribution in [0.3, 0.4) is 0 Å². The molecule has 0 bridgehead atoms. The molecule has 0 aromatic rings. The molecule has 1 aliphatic heterocycles. The number of rotatable bonds is 1. The van der Waals surface area contributed by atoms with E-state index in [1.54, 1.807) is 13.8 Å². The van der Waals surface area contributed by atoms with Crippen LogP contribution in [0.25, 0.3) is 0 Å². The third-order valence-electron chi connectivity index (χ3n) is 1.45. The van der Waals surface area contributed by atoms with Crippen molar-refractivity contribution in [1.29, 1.82) is 0 Å². The number of hydrogen-bond acceptors (Lipinski definition) is 2. The third kappa shape index (κ3) is 7.33. The molecule has 0 amide bonds. The molecule has 0 spiro atoms. The Morgan fingerprint density at radius 3 is 1.82 bits per heavy atom. The number of carboxylic acids is 1. The first kappa shape index (κ1) is 10.4. The van der Waals surface area contributed by atoms with Crippen molar-refractivity contribution in [2.45, 2.75) is 26.7 Å². The molecular weight excluding hydrogens is 142 g/mol. The molecule has 0 aromatic carbocycles. The fraction of sp³-hybridized carbons (Fsp3) is 0.875. The van der Waals surface area contributed by atoms with Crippen LogP contribution in [-0.2, 0) is 4.79 Å². The van der Waals surface area contributed by atoms with Gasteiger partial charge >= 0.3 is 5.97 Å². The molecule has 1 saturated heterocycles. The van der Waals surface area contributed by atoms with Gasteiger partial charge in [0, 0.05) is 0 Å². The molecule has 11 heavy (non-hydrogen) atoms. The van der Waals surface area contributed by atoms with Gasteiger partial charge in [-0.15, -0.1) is 0 Å². The van der Waals surface area contributed by atoms with Crippen LogP contribution < -0.4 is 5.32 Å². The number of carbonyl (C=O) groups is 1. The van der Waals surface area contributed by atoms with Gasteiger partial charge in [0.25, 0.3) is 0 Å². The van der Waals surface area contributed by atoms with Crippen LogP contribution in [0, 0.1) is 5.92 Å². The van der Waals surface area contributed by atoms with E-state index < -0.39 is 5.97 Å². The van der Waals surface area contributed by atoms with Crippen LogP contribution in [0.1, 0.15) is 26.7 Å². The van der Waals surface area contributed by atoms with E-state index in [0.29, 0.717) is 0 Å². The van der Waals surface area contributed by atoms with Gasteiger partial charge in [0.2, 0.25) is 0 Å². The molecule has 1 rings (SSSR count). The number of nitrogens with one attached hydrogen (secondary N) is 1. The second kappa shape index (κ2) is 6.16. The van der Waals surface area contributed by atoms with E-state index in [4.69, 9.17) is 5.11 Å². The van der Waals surface area contributed by atoms with Crippen LogP contribution in [-0.4, -0.2) is 24.2 Å². The lowest BCUT2D eigenvalue weighted by Gasteiger charge is -1.89. The fourth-order valence-corrected chi connectivity index (χ4v) is 0.625. The zero-order chi connectivity index (χ0) is 8.69. The molecule has 0 aliphatic carbocycles. The highest BCUT2D eigenvalue weighted by Gasteiger charge is 1.99. The van der Waals surface area contributed by atoms with E-state index in [9.17, 15) is 4.79 Å². The average Bonchev–Trinajstić information content (AvgIpc) is 2.41. The van der Waals surface area contributed by atoms with Gasteiger partial charge in [0.05, 0.1) is 5.92 Å². The molecule has 0 radical (unpaired) electrons. The van der Waals surface area contributed by atoms with Crippen LogP contribution >= 0.6 is 0 Å². The summed E-state index contributed by atoms with van der Waals surface area (Å²) in [5.41, 5.74) is 0. The topological polar surface area (TPSA) is 49.3 Å². The molecule has 3 nitrogen and oxygen atoms in total. The van der Waals surface area contributed by atoms with Crippen molar-refractivity contribution < 1.29 is 9.90 Å². The standard InChI is InChI=1S/C4H9N.C4H8O2/c1-2-4-5-3-1;1-3(2)4(5)6/h5H,1-4H2;3H,1-2H3,(H,5,6). The minimum Gasteiger partial charge on any atom is -0.481 e. The SMILES string of the molecule is C1CCNC1.CC(C)C(=O)O. The van der Waals surface area contributed by atoms with Crippen molar-refractivity contribution >= 4 is 5.97 Å². The van der Waals surface area contributed by atoms with E-state index in [0.717, 1.165) is 0 Å². The zero-order valence-corrected chi connectivity index (χ0v) is 7.26. The van der Waals surface area contributed by atoms with Crippen LogP contribution in [0.15, 0.2) is 0 Å². The van der Waals surface area contributed by atoms with Crippen LogP contribution in [0.5, 0.6) is 0 Å². The maximum absolute atomic E-state index is 9.70. The number of carboxylic acid groups (broad SMARTS) is 1. The first-order valence-electron chi connectivity index (χ1n) is 4.08. The van der Waals surface area contributed by atoms with Gasteiger partial charge in [-0.3, -0.25) is 4.79 Å². The Hall–Kier alpha value is -0.570. The Morgan fingerprint density at radius 2 is 1.73 bits per heavy atom. The predicted octanol–water partition coefficient (Wildman–Crippen LogP) is 1.10. The summed E-state index contributed by atoms with van der Waals surface area (Å²) in [6, 6.07) is 0. The van der Waals surface area contributed by atoms with Crippen molar-refractivity contribution in [2.24, 2.45) is 5.92 Å². The van der Waals surface area contributed by atoms with Gasteiger partial charge in [-0.1, -0.05) is 13.8 Å². The third-order valence-corrected chi connectivity index (χ3v) is 1.45. The first-order chi connectivity index (χ1) is 5.14. The van der Waals surface area contributed by atoms with Gasteiger partial charge in [-0.05, 0) is 25.9 Å². The van der Waals surface area contributed by atoms with Crippen molar-refractivity contribution in [2.75, 3.05) is 13.1 Å². The Kier molecular flexibility index (Phi) is 5.84. The first-order valence-corrected chi connectivity index (χ1v) is 4.08. The molecule has 0 saturated carbocycles. The summed E-state index contributed by atoms with van der Waals surface area (Å²) in [5.74, 6) is -0.972. The average molecular weight is 159 g/mol. The lowest BCUT2D eigenvalue weighted by atomic mass is 10.2. The number of aliphatic carboxylic acids is 1. The Bertz CT molecular complexity index is 101. The summed E-state index contributed by atoms with van der Waals surface area (Å²) in [5, 5.41) is 11.2. The summed E-state index contributed by atoms with van der Waals surface area (Å²) in [7, 11) is 0. The Morgan fingerprint density at radius 1 is 1.36 bits per heavy atom. The van der Waals surface area contributed by atoms with Crippen molar-refractivity contribution in [1.82, 2.24) is 5.32 Å². The van der Waals surface area contributed by atoms with Crippen molar-refractivity contribution in [3.8, 4) is 0 Å². The van der Waals surface area contributed by atoms with Crippen molar-refractivity contribution in [3.05, 3.63) is 0 Å². The summed E-state index contributed by atoms with van der Waals surface area (Å²) in [4.78, 5) is 9.70. The van der Waals surface area contributed by atoms with Crippen molar-refractivity contribution in [3.63, 3.8) is 0 Å². The van der Waals surface area contributed by atoms with Crippen LogP contribution in [0.4, 0.5) is 0 Å². The zero-order valence-electron chi connectivity index (χ0n) is 7.26. The molecule has 0 atom stereocenters. The normalized spacial score (nSPS) is 15.9. The quantitative estimate of drug-likeness (QED) is 0.602. The molecule has 0 unspecified atom stereocenters.